The molecule has 6 heteroatoms. The van der Waals surface area contributed by atoms with E-state index in [2.05, 4.69) is 0 Å². The van der Waals surface area contributed by atoms with Crippen molar-refractivity contribution in [3.05, 3.63) is 70.8 Å². The van der Waals surface area contributed by atoms with E-state index in [0.717, 1.165) is 11.1 Å². The van der Waals surface area contributed by atoms with Crippen LogP contribution >= 0.6 is 0 Å². The van der Waals surface area contributed by atoms with Crippen LogP contribution in [0.15, 0.2) is 48.5 Å². The van der Waals surface area contributed by atoms with Gasteiger partial charge in [-0.3, -0.25) is 4.79 Å². The Labute approximate surface area is 160 Å². The fraction of sp³-hybridized carbons (Fsp3) is 0.286. The maximum absolute atomic E-state index is 13.1. The van der Waals surface area contributed by atoms with Crippen LogP contribution in [0, 0.1) is 0 Å². The van der Waals surface area contributed by atoms with E-state index in [0.29, 0.717) is 28.9 Å². The van der Waals surface area contributed by atoms with Gasteiger partial charge in [-0.1, -0.05) is 55.5 Å². The molecule has 3 rings (SSSR count). The number of ether oxygens (including phenoxy) is 1. The van der Waals surface area contributed by atoms with Crippen LogP contribution in [-0.4, -0.2) is 20.1 Å². The summed E-state index contributed by atoms with van der Waals surface area (Å²) in [5.74, 6) is 0.422. The van der Waals surface area contributed by atoms with Crippen molar-refractivity contribution in [1.82, 2.24) is 0 Å². The number of Topliss-reactive ketones (excluding diaryl/α,β-unsaturated/α-hetero) is 1. The van der Waals surface area contributed by atoms with Crippen LogP contribution in [-0.2, 0) is 33.0 Å². The van der Waals surface area contributed by atoms with Crippen LogP contribution in [0.1, 0.15) is 42.5 Å². The summed E-state index contributed by atoms with van der Waals surface area (Å²) in [6.07, 6.45) is 0.517. The van der Waals surface area contributed by atoms with E-state index in [1.807, 2.05) is 6.92 Å². The Morgan fingerprint density at radius 3 is 2.11 bits per heavy atom. The number of hydrogen-bond donors (Lipinski definition) is 1. The summed E-state index contributed by atoms with van der Waals surface area (Å²) in [4.78, 5) is 13.1. The van der Waals surface area contributed by atoms with Gasteiger partial charge < -0.3 is 9.29 Å². The number of rotatable bonds is 6. The summed E-state index contributed by atoms with van der Waals surface area (Å²) in [5.41, 5.74) is 2.20. The molecule has 1 aliphatic heterocycles. The fourth-order valence-corrected chi connectivity index (χ4v) is 3.52. The standard InChI is InChI=1S/C21H21FO4S/c1-3-21(2)20(23)18(16-8-4-14(12-22)5-9-16)19(26-21)17-10-6-15(7-11-17)13-27(24)25/h4-11H,3,12-13H2,1-2H3,(H,24,25). The molecule has 142 valence electrons. The second-order valence-electron chi connectivity index (χ2n) is 6.71. The van der Waals surface area contributed by atoms with E-state index in [1.165, 1.54) is 0 Å². The van der Waals surface area contributed by atoms with Gasteiger partial charge in [-0.05, 0) is 30.0 Å². The van der Waals surface area contributed by atoms with E-state index in [9.17, 15) is 13.4 Å². The molecule has 27 heavy (non-hydrogen) atoms. The van der Waals surface area contributed by atoms with Crippen molar-refractivity contribution >= 4 is 28.2 Å². The van der Waals surface area contributed by atoms with Crippen LogP contribution < -0.4 is 0 Å². The summed E-state index contributed by atoms with van der Waals surface area (Å²) in [6.45, 7) is 3.10. The molecule has 0 amide bonds. The lowest BCUT2D eigenvalue weighted by molar-refractivity contribution is -0.126. The molecule has 0 spiro atoms. The highest BCUT2D eigenvalue weighted by molar-refractivity contribution is 7.78. The third-order valence-electron chi connectivity index (χ3n) is 4.84. The SMILES string of the molecule is CCC1(C)OC(c2ccc(CS(=O)O)cc2)=C(c2ccc(CF)cc2)C1=O. The van der Waals surface area contributed by atoms with Gasteiger partial charge in [0.15, 0.2) is 16.7 Å². The average Bonchev–Trinajstić information content (AvgIpc) is 2.94. The first-order chi connectivity index (χ1) is 12.9. The zero-order valence-corrected chi connectivity index (χ0v) is 16.0. The first kappa shape index (κ1) is 19.5. The highest BCUT2D eigenvalue weighted by Gasteiger charge is 2.45. The van der Waals surface area contributed by atoms with Crippen molar-refractivity contribution in [3.63, 3.8) is 0 Å². The quantitative estimate of drug-likeness (QED) is 0.740. The van der Waals surface area contributed by atoms with Gasteiger partial charge in [-0.25, -0.2) is 8.60 Å². The van der Waals surface area contributed by atoms with E-state index in [4.69, 9.17) is 9.29 Å². The Bertz CT molecular complexity index is 903. The molecule has 0 radical (unpaired) electrons. The summed E-state index contributed by atoms with van der Waals surface area (Å²) in [7, 11) is 0. The Morgan fingerprint density at radius 2 is 1.59 bits per heavy atom. The number of halogens is 1. The molecule has 2 unspecified atom stereocenters. The first-order valence-electron chi connectivity index (χ1n) is 8.68. The molecule has 1 heterocycles. The number of hydrogen-bond acceptors (Lipinski definition) is 3. The fourth-order valence-electron chi connectivity index (χ4n) is 3.04. The maximum Gasteiger partial charge on any atom is 0.210 e. The molecule has 0 aromatic heterocycles. The lowest BCUT2D eigenvalue weighted by atomic mass is 9.89. The highest BCUT2D eigenvalue weighted by Crippen LogP contribution is 2.42. The Kier molecular flexibility index (Phi) is 5.58. The molecule has 0 aliphatic carbocycles. The zero-order chi connectivity index (χ0) is 19.6. The zero-order valence-electron chi connectivity index (χ0n) is 15.2. The summed E-state index contributed by atoms with van der Waals surface area (Å²) in [6, 6.07) is 13.8. The number of ketones is 1. The van der Waals surface area contributed by atoms with Crippen LogP contribution in [0.2, 0.25) is 0 Å². The molecule has 2 aromatic carbocycles. The van der Waals surface area contributed by atoms with Gasteiger partial charge in [0, 0.05) is 5.56 Å². The summed E-state index contributed by atoms with van der Waals surface area (Å²) in [5, 5.41) is 0. The van der Waals surface area contributed by atoms with Crippen molar-refractivity contribution in [1.29, 1.82) is 0 Å². The number of carbonyl (C=O) groups excluding carboxylic acids is 1. The largest absolute Gasteiger partial charge is 0.478 e. The first-order valence-corrected chi connectivity index (χ1v) is 9.95. The van der Waals surface area contributed by atoms with Crippen LogP contribution in [0.3, 0.4) is 0 Å². The average molecular weight is 388 g/mol. The molecular weight excluding hydrogens is 367 g/mol. The topological polar surface area (TPSA) is 63.6 Å². The molecule has 0 fully saturated rings. The van der Waals surface area contributed by atoms with Gasteiger partial charge >= 0.3 is 0 Å². The molecule has 1 N–H and O–H groups in total. The maximum atomic E-state index is 13.1. The monoisotopic (exact) mass is 388 g/mol. The van der Waals surface area contributed by atoms with Gasteiger partial charge in [-0.2, -0.15) is 0 Å². The van der Waals surface area contributed by atoms with Crippen LogP contribution in [0.25, 0.3) is 11.3 Å². The highest BCUT2D eigenvalue weighted by atomic mass is 32.2. The molecule has 0 saturated carbocycles. The van der Waals surface area contributed by atoms with Crippen molar-refractivity contribution in [2.45, 2.75) is 38.3 Å². The number of benzene rings is 2. The molecule has 2 atom stereocenters. The molecule has 0 bridgehead atoms. The Balaban J connectivity index is 2.07. The van der Waals surface area contributed by atoms with Crippen LogP contribution in [0.4, 0.5) is 4.39 Å². The van der Waals surface area contributed by atoms with Gasteiger partial charge in [0.1, 0.15) is 12.4 Å². The van der Waals surface area contributed by atoms with Crippen molar-refractivity contribution < 1.29 is 22.7 Å². The molecule has 4 nitrogen and oxygen atoms in total. The molecule has 0 saturated heterocycles. The van der Waals surface area contributed by atoms with Crippen LogP contribution in [0.5, 0.6) is 0 Å². The second kappa shape index (κ2) is 7.74. The smallest absolute Gasteiger partial charge is 0.210 e. The lowest BCUT2D eigenvalue weighted by Crippen LogP contribution is -2.32. The van der Waals surface area contributed by atoms with Gasteiger partial charge in [0.2, 0.25) is 5.78 Å². The van der Waals surface area contributed by atoms with Crippen molar-refractivity contribution in [2.24, 2.45) is 0 Å². The third-order valence-corrected chi connectivity index (χ3v) is 5.42. The van der Waals surface area contributed by atoms with Crippen molar-refractivity contribution in [3.8, 4) is 0 Å². The predicted octanol–water partition coefficient (Wildman–Crippen LogP) is 4.51. The number of alkyl halides is 1. The molecule has 2 aromatic rings. The van der Waals surface area contributed by atoms with E-state index in [1.54, 1.807) is 55.5 Å². The normalized spacial score (nSPS) is 20.7. The second-order valence-corrected chi connectivity index (χ2v) is 7.64. The van der Waals surface area contributed by atoms with E-state index in [-0.39, 0.29) is 11.5 Å². The minimum absolute atomic E-state index is 0.0450. The molecular formula is C21H21FO4S. The minimum atomic E-state index is -1.91. The minimum Gasteiger partial charge on any atom is -0.478 e. The Hall–Kier alpha value is -2.31. The van der Waals surface area contributed by atoms with E-state index < -0.39 is 23.4 Å². The summed E-state index contributed by atoms with van der Waals surface area (Å²) >= 11 is -1.91. The summed E-state index contributed by atoms with van der Waals surface area (Å²) < 4.78 is 38.9. The van der Waals surface area contributed by atoms with Gasteiger partial charge in [0.05, 0.1) is 11.3 Å². The lowest BCUT2D eigenvalue weighted by Gasteiger charge is -2.21. The predicted molar refractivity (Wildman–Crippen MR) is 104 cm³/mol. The molecule has 1 aliphatic rings. The van der Waals surface area contributed by atoms with Gasteiger partial charge in [-0.15, -0.1) is 0 Å². The number of carbonyl (C=O) groups is 1. The van der Waals surface area contributed by atoms with Crippen molar-refractivity contribution in [2.75, 3.05) is 0 Å². The van der Waals surface area contributed by atoms with Gasteiger partial charge in [0.25, 0.3) is 0 Å². The Morgan fingerprint density at radius 1 is 1.04 bits per heavy atom. The van der Waals surface area contributed by atoms with E-state index >= 15 is 0 Å². The third kappa shape index (κ3) is 3.87.